The molecule has 1 atom stereocenters. The van der Waals surface area contributed by atoms with Gasteiger partial charge in [-0.25, -0.2) is 8.78 Å². The Morgan fingerprint density at radius 1 is 0.952 bits per heavy atom. The molecule has 0 aromatic heterocycles. The van der Waals surface area contributed by atoms with Crippen molar-refractivity contribution in [1.29, 1.82) is 0 Å². The lowest BCUT2D eigenvalue weighted by molar-refractivity contribution is 0.242. The molecular weight excluding hydrogens is 272 g/mol. The Hall–Kier alpha value is -2.10. The van der Waals surface area contributed by atoms with E-state index in [1.165, 1.54) is 12.1 Å². The fourth-order valence-electron chi connectivity index (χ4n) is 2.03. The molecule has 0 fully saturated rings. The molecule has 21 heavy (non-hydrogen) atoms. The summed E-state index contributed by atoms with van der Waals surface area (Å²) in [7, 11) is 0. The zero-order valence-corrected chi connectivity index (χ0v) is 12.4. The minimum atomic E-state index is -0.596. The molecule has 2 rings (SSSR count). The molecule has 2 nitrogen and oxygen atoms in total. The standard InChI is InChI=1S/C17H19F2NO/c1-11(2)21-15-7-4-13(5-8-15)12(3)20-17-9-6-14(18)10-16(17)19/h4-12,20H,1-3H3. The van der Waals surface area contributed by atoms with Crippen LogP contribution in [0.15, 0.2) is 42.5 Å². The summed E-state index contributed by atoms with van der Waals surface area (Å²) in [4.78, 5) is 0. The van der Waals surface area contributed by atoms with Crippen molar-refractivity contribution in [3.63, 3.8) is 0 Å². The molecule has 0 bridgehead atoms. The first-order valence-corrected chi connectivity index (χ1v) is 6.94. The monoisotopic (exact) mass is 291 g/mol. The molecular formula is C17H19F2NO. The maximum Gasteiger partial charge on any atom is 0.149 e. The van der Waals surface area contributed by atoms with Gasteiger partial charge in [-0.3, -0.25) is 0 Å². The minimum Gasteiger partial charge on any atom is -0.491 e. The summed E-state index contributed by atoms with van der Waals surface area (Å²) in [6, 6.07) is 11.0. The van der Waals surface area contributed by atoms with E-state index < -0.39 is 11.6 Å². The van der Waals surface area contributed by atoms with Crippen molar-refractivity contribution < 1.29 is 13.5 Å². The fourth-order valence-corrected chi connectivity index (χ4v) is 2.03. The third kappa shape index (κ3) is 4.18. The van der Waals surface area contributed by atoms with Crippen LogP contribution in [-0.2, 0) is 0 Å². The van der Waals surface area contributed by atoms with E-state index in [9.17, 15) is 8.78 Å². The highest BCUT2D eigenvalue weighted by Crippen LogP contribution is 2.24. The summed E-state index contributed by atoms with van der Waals surface area (Å²) in [6.07, 6.45) is 0.125. The molecule has 2 aromatic rings. The zero-order valence-electron chi connectivity index (χ0n) is 12.4. The number of benzene rings is 2. The lowest BCUT2D eigenvalue weighted by atomic mass is 10.1. The van der Waals surface area contributed by atoms with E-state index >= 15 is 0 Å². The first kappa shape index (κ1) is 15.3. The Balaban J connectivity index is 2.07. The van der Waals surface area contributed by atoms with Gasteiger partial charge in [-0.15, -0.1) is 0 Å². The number of halogens is 2. The lowest BCUT2D eigenvalue weighted by Crippen LogP contribution is -2.09. The van der Waals surface area contributed by atoms with Crippen LogP contribution in [0.4, 0.5) is 14.5 Å². The summed E-state index contributed by atoms with van der Waals surface area (Å²) in [5, 5.41) is 3.03. The predicted molar refractivity (Wildman–Crippen MR) is 80.6 cm³/mol. The van der Waals surface area contributed by atoms with E-state index in [2.05, 4.69) is 5.32 Å². The molecule has 1 N–H and O–H groups in total. The maximum atomic E-state index is 13.6. The van der Waals surface area contributed by atoms with Gasteiger partial charge in [-0.1, -0.05) is 12.1 Å². The fraction of sp³-hybridized carbons (Fsp3) is 0.294. The molecule has 0 saturated heterocycles. The lowest BCUT2D eigenvalue weighted by Gasteiger charge is -2.17. The van der Waals surface area contributed by atoms with Crippen LogP contribution in [-0.4, -0.2) is 6.10 Å². The quantitative estimate of drug-likeness (QED) is 0.843. The van der Waals surface area contributed by atoms with E-state index in [4.69, 9.17) is 4.74 Å². The Labute approximate surface area is 123 Å². The van der Waals surface area contributed by atoms with Gasteiger partial charge in [0, 0.05) is 12.1 Å². The van der Waals surface area contributed by atoms with Crippen LogP contribution in [0.1, 0.15) is 32.4 Å². The van der Waals surface area contributed by atoms with Crippen LogP contribution in [0.2, 0.25) is 0 Å². The van der Waals surface area contributed by atoms with E-state index in [0.717, 1.165) is 17.4 Å². The summed E-state index contributed by atoms with van der Waals surface area (Å²) in [5.41, 5.74) is 1.28. The summed E-state index contributed by atoms with van der Waals surface area (Å²) in [6.45, 7) is 5.85. The molecule has 112 valence electrons. The number of ether oxygens (including phenoxy) is 1. The summed E-state index contributed by atoms with van der Waals surface area (Å²) < 4.78 is 32.1. The Bertz CT molecular complexity index is 596. The van der Waals surface area contributed by atoms with Gasteiger partial charge in [0.1, 0.15) is 17.4 Å². The van der Waals surface area contributed by atoms with Crippen molar-refractivity contribution >= 4 is 5.69 Å². The van der Waals surface area contributed by atoms with Crippen LogP contribution in [0.25, 0.3) is 0 Å². The average Bonchev–Trinajstić information content (AvgIpc) is 2.42. The SMILES string of the molecule is CC(C)Oc1ccc(C(C)Nc2ccc(F)cc2F)cc1. The average molecular weight is 291 g/mol. The third-order valence-electron chi connectivity index (χ3n) is 3.06. The van der Waals surface area contributed by atoms with Crippen molar-refractivity contribution in [2.45, 2.75) is 32.9 Å². The van der Waals surface area contributed by atoms with Gasteiger partial charge in [0.25, 0.3) is 0 Å². The molecule has 0 spiro atoms. The Kier molecular flexibility index (Phi) is 4.78. The molecule has 0 heterocycles. The van der Waals surface area contributed by atoms with Crippen LogP contribution >= 0.6 is 0 Å². The van der Waals surface area contributed by atoms with Crippen molar-refractivity contribution in [3.8, 4) is 5.75 Å². The number of anilines is 1. The number of rotatable bonds is 5. The largest absolute Gasteiger partial charge is 0.491 e. The van der Waals surface area contributed by atoms with Gasteiger partial charge in [0.2, 0.25) is 0 Å². The van der Waals surface area contributed by atoms with Crippen LogP contribution < -0.4 is 10.1 Å². The molecule has 4 heteroatoms. The normalized spacial score (nSPS) is 12.3. The molecule has 1 unspecified atom stereocenters. The molecule has 0 amide bonds. The molecule has 0 aliphatic heterocycles. The van der Waals surface area contributed by atoms with Gasteiger partial charge < -0.3 is 10.1 Å². The van der Waals surface area contributed by atoms with E-state index in [1.807, 2.05) is 45.0 Å². The van der Waals surface area contributed by atoms with Gasteiger partial charge in [-0.2, -0.15) is 0 Å². The zero-order chi connectivity index (χ0) is 15.4. The minimum absolute atomic E-state index is 0.0990. The van der Waals surface area contributed by atoms with E-state index in [0.29, 0.717) is 0 Å². The molecule has 0 aliphatic rings. The maximum absolute atomic E-state index is 13.6. The van der Waals surface area contributed by atoms with Crippen molar-refractivity contribution in [1.82, 2.24) is 0 Å². The second-order valence-corrected chi connectivity index (χ2v) is 5.23. The second-order valence-electron chi connectivity index (χ2n) is 5.23. The Morgan fingerprint density at radius 3 is 2.19 bits per heavy atom. The summed E-state index contributed by atoms with van der Waals surface area (Å²) >= 11 is 0. The topological polar surface area (TPSA) is 21.3 Å². The Morgan fingerprint density at radius 2 is 1.62 bits per heavy atom. The van der Waals surface area contributed by atoms with Crippen molar-refractivity contribution in [3.05, 3.63) is 59.7 Å². The van der Waals surface area contributed by atoms with Crippen LogP contribution in [0, 0.1) is 11.6 Å². The van der Waals surface area contributed by atoms with Crippen molar-refractivity contribution in [2.75, 3.05) is 5.32 Å². The smallest absolute Gasteiger partial charge is 0.149 e. The molecule has 0 radical (unpaired) electrons. The van der Waals surface area contributed by atoms with Gasteiger partial charge in [-0.05, 0) is 50.6 Å². The van der Waals surface area contributed by atoms with Crippen LogP contribution in [0.5, 0.6) is 5.75 Å². The van der Waals surface area contributed by atoms with E-state index in [1.54, 1.807) is 0 Å². The van der Waals surface area contributed by atoms with Gasteiger partial charge in [0.05, 0.1) is 11.8 Å². The van der Waals surface area contributed by atoms with Gasteiger partial charge in [0.15, 0.2) is 0 Å². The highest BCUT2D eigenvalue weighted by Gasteiger charge is 2.09. The highest BCUT2D eigenvalue weighted by atomic mass is 19.1. The molecule has 2 aromatic carbocycles. The van der Waals surface area contributed by atoms with E-state index in [-0.39, 0.29) is 17.8 Å². The highest BCUT2D eigenvalue weighted by molar-refractivity contribution is 5.47. The summed E-state index contributed by atoms with van der Waals surface area (Å²) in [5.74, 6) is -0.378. The van der Waals surface area contributed by atoms with Gasteiger partial charge >= 0.3 is 0 Å². The second kappa shape index (κ2) is 6.57. The number of hydrogen-bond acceptors (Lipinski definition) is 2. The molecule has 0 aliphatic carbocycles. The van der Waals surface area contributed by atoms with Crippen molar-refractivity contribution in [2.24, 2.45) is 0 Å². The van der Waals surface area contributed by atoms with Crippen LogP contribution in [0.3, 0.4) is 0 Å². The first-order chi connectivity index (χ1) is 9.95. The third-order valence-corrected chi connectivity index (χ3v) is 3.06. The number of hydrogen-bond donors (Lipinski definition) is 1. The number of nitrogens with one attached hydrogen (secondary N) is 1. The molecule has 0 saturated carbocycles. The first-order valence-electron chi connectivity index (χ1n) is 6.94. The predicted octanol–water partition coefficient (Wildman–Crippen LogP) is 4.93.